The van der Waals surface area contributed by atoms with Crippen molar-refractivity contribution >= 4 is 23.4 Å². The van der Waals surface area contributed by atoms with Crippen LogP contribution in [-0.2, 0) is 4.79 Å². The van der Waals surface area contributed by atoms with E-state index in [1.807, 2.05) is 13.8 Å². The molecule has 0 radical (unpaired) electrons. The number of carbonyl (C=O) groups is 2. The summed E-state index contributed by atoms with van der Waals surface area (Å²) in [4.78, 5) is 27.5. The van der Waals surface area contributed by atoms with Crippen LogP contribution in [0.3, 0.4) is 0 Å². The Kier molecular flexibility index (Phi) is 4.83. The first-order chi connectivity index (χ1) is 9.91. The normalized spacial score (nSPS) is 15.5. The van der Waals surface area contributed by atoms with Crippen LogP contribution in [-0.4, -0.2) is 47.8 Å². The smallest absolute Gasteiger partial charge is 0.258 e. The number of rotatable bonds is 2. The second-order valence-electron chi connectivity index (χ2n) is 5.37. The van der Waals surface area contributed by atoms with Crippen molar-refractivity contribution in [2.75, 3.05) is 26.2 Å². The minimum atomic E-state index is -0.617. The van der Waals surface area contributed by atoms with E-state index in [1.165, 1.54) is 23.1 Å². The Morgan fingerprint density at radius 2 is 1.71 bits per heavy atom. The molecular weight excluding hydrogens is 295 g/mol. The van der Waals surface area contributed by atoms with Gasteiger partial charge in [0.05, 0.1) is 10.6 Å². The summed E-state index contributed by atoms with van der Waals surface area (Å²) in [6.45, 7) is 5.41. The predicted molar refractivity (Wildman–Crippen MR) is 78.7 cm³/mol. The fourth-order valence-electron chi connectivity index (χ4n) is 2.36. The van der Waals surface area contributed by atoms with Crippen molar-refractivity contribution in [1.29, 1.82) is 0 Å². The fraction of sp³-hybridized carbons (Fsp3) is 0.467. The van der Waals surface area contributed by atoms with Crippen LogP contribution < -0.4 is 0 Å². The molecule has 21 heavy (non-hydrogen) atoms. The van der Waals surface area contributed by atoms with Crippen molar-refractivity contribution in [1.82, 2.24) is 9.80 Å². The van der Waals surface area contributed by atoms with Gasteiger partial charge in [0.15, 0.2) is 0 Å². The van der Waals surface area contributed by atoms with Crippen molar-refractivity contribution in [2.24, 2.45) is 5.92 Å². The number of carbonyl (C=O) groups excluding carboxylic acids is 2. The van der Waals surface area contributed by atoms with Crippen LogP contribution in [0, 0.1) is 11.7 Å². The summed E-state index contributed by atoms with van der Waals surface area (Å²) in [6.07, 6.45) is 0. The summed E-state index contributed by atoms with van der Waals surface area (Å²) in [5.41, 5.74) is -0.0946. The van der Waals surface area contributed by atoms with Gasteiger partial charge in [-0.1, -0.05) is 31.5 Å². The van der Waals surface area contributed by atoms with E-state index in [-0.39, 0.29) is 22.4 Å². The number of amides is 2. The zero-order valence-electron chi connectivity index (χ0n) is 12.1. The van der Waals surface area contributed by atoms with E-state index in [0.29, 0.717) is 26.2 Å². The number of hydrogen-bond donors (Lipinski definition) is 0. The molecule has 1 aliphatic heterocycles. The zero-order chi connectivity index (χ0) is 15.6. The lowest BCUT2D eigenvalue weighted by Gasteiger charge is -2.35. The molecule has 0 unspecified atom stereocenters. The van der Waals surface area contributed by atoms with Gasteiger partial charge in [0.1, 0.15) is 5.82 Å². The van der Waals surface area contributed by atoms with Gasteiger partial charge in [-0.3, -0.25) is 9.59 Å². The molecule has 6 heteroatoms. The van der Waals surface area contributed by atoms with Gasteiger partial charge in [-0.15, -0.1) is 0 Å². The molecule has 0 aliphatic carbocycles. The van der Waals surface area contributed by atoms with E-state index in [4.69, 9.17) is 11.6 Å². The first kappa shape index (κ1) is 15.8. The largest absolute Gasteiger partial charge is 0.339 e. The minimum absolute atomic E-state index is 0.0618. The second-order valence-corrected chi connectivity index (χ2v) is 5.78. The molecule has 0 saturated carbocycles. The summed E-state index contributed by atoms with van der Waals surface area (Å²) in [5.74, 6) is -1.03. The second kappa shape index (κ2) is 6.43. The standard InChI is InChI=1S/C15H18ClFN2O2/c1-10(2)14(20)18-6-8-19(9-7-18)15(21)13-11(16)4-3-5-12(13)17/h3-5,10H,6-9H2,1-2H3. The van der Waals surface area contributed by atoms with Crippen LogP contribution in [0.4, 0.5) is 4.39 Å². The highest BCUT2D eigenvalue weighted by atomic mass is 35.5. The van der Waals surface area contributed by atoms with Crippen molar-refractivity contribution < 1.29 is 14.0 Å². The molecule has 0 aromatic heterocycles. The molecule has 1 heterocycles. The molecule has 0 atom stereocenters. The van der Waals surface area contributed by atoms with Crippen LogP contribution in [0.2, 0.25) is 5.02 Å². The number of benzene rings is 1. The quantitative estimate of drug-likeness (QED) is 0.841. The van der Waals surface area contributed by atoms with Gasteiger partial charge < -0.3 is 9.80 Å². The SMILES string of the molecule is CC(C)C(=O)N1CCN(C(=O)c2c(F)cccc2Cl)CC1. The number of nitrogens with zero attached hydrogens (tertiary/aromatic N) is 2. The molecule has 1 aliphatic rings. The van der Waals surface area contributed by atoms with Crippen molar-refractivity contribution in [3.05, 3.63) is 34.6 Å². The Morgan fingerprint density at radius 3 is 2.24 bits per heavy atom. The van der Waals surface area contributed by atoms with Crippen molar-refractivity contribution in [3.8, 4) is 0 Å². The molecule has 2 rings (SSSR count). The summed E-state index contributed by atoms with van der Waals surface area (Å²) < 4.78 is 13.8. The molecule has 0 spiro atoms. The number of hydrogen-bond acceptors (Lipinski definition) is 2. The highest BCUT2D eigenvalue weighted by molar-refractivity contribution is 6.33. The average molecular weight is 313 g/mol. The van der Waals surface area contributed by atoms with Crippen molar-refractivity contribution in [3.63, 3.8) is 0 Å². The Hall–Kier alpha value is -1.62. The molecule has 1 aromatic rings. The van der Waals surface area contributed by atoms with Crippen molar-refractivity contribution in [2.45, 2.75) is 13.8 Å². The van der Waals surface area contributed by atoms with Gasteiger partial charge in [-0.2, -0.15) is 0 Å². The van der Waals surface area contributed by atoms with E-state index < -0.39 is 11.7 Å². The zero-order valence-corrected chi connectivity index (χ0v) is 12.9. The maximum absolute atomic E-state index is 13.8. The van der Waals surface area contributed by atoms with Crippen LogP contribution >= 0.6 is 11.6 Å². The monoisotopic (exact) mass is 312 g/mol. The molecule has 114 valence electrons. The van der Waals surface area contributed by atoms with Gasteiger partial charge >= 0.3 is 0 Å². The highest BCUT2D eigenvalue weighted by Gasteiger charge is 2.28. The minimum Gasteiger partial charge on any atom is -0.339 e. The number of halogens is 2. The molecule has 1 fully saturated rings. The molecule has 1 aromatic carbocycles. The molecule has 0 N–H and O–H groups in total. The molecular formula is C15H18ClFN2O2. The maximum Gasteiger partial charge on any atom is 0.258 e. The topological polar surface area (TPSA) is 40.6 Å². The summed E-state index contributed by atoms with van der Waals surface area (Å²) >= 11 is 5.91. The third kappa shape index (κ3) is 3.35. The van der Waals surface area contributed by atoms with E-state index in [2.05, 4.69) is 0 Å². The summed E-state index contributed by atoms with van der Waals surface area (Å²) in [6, 6.07) is 4.18. The third-order valence-electron chi connectivity index (χ3n) is 3.55. The van der Waals surface area contributed by atoms with Crippen LogP contribution in [0.1, 0.15) is 24.2 Å². The lowest BCUT2D eigenvalue weighted by Crippen LogP contribution is -2.51. The molecule has 4 nitrogen and oxygen atoms in total. The van der Waals surface area contributed by atoms with E-state index >= 15 is 0 Å². The van der Waals surface area contributed by atoms with Gasteiger partial charge in [0.25, 0.3) is 5.91 Å². The summed E-state index contributed by atoms with van der Waals surface area (Å²) in [7, 11) is 0. The van der Waals surface area contributed by atoms with Crippen LogP contribution in [0.15, 0.2) is 18.2 Å². The maximum atomic E-state index is 13.8. The van der Waals surface area contributed by atoms with E-state index in [1.54, 1.807) is 4.90 Å². The Labute approximate surface area is 128 Å². The summed E-state index contributed by atoms with van der Waals surface area (Å²) in [5, 5.41) is 0.112. The molecule has 2 amide bonds. The lowest BCUT2D eigenvalue weighted by atomic mass is 10.1. The van der Waals surface area contributed by atoms with Gasteiger partial charge in [-0.25, -0.2) is 4.39 Å². The Morgan fingerprint density at radius 1 is 1.14 bits per heavy atom. The van der Waals surface area contributed by atoms with Gasteiger partial charge in [0.2, 0.25) is 5.91 Å². The lowest BCUT2D eigenvalue weighted by molar-refractivity contribution is -0.135. The van der Waals surface area contributed by atoms with Crippen LogP contribution in [0.5, 0.6) is 0 Å². The van der Waals surface area contributed by atoms with E-state index in [0.717, 1.165) is 0 Å². The fourth-order valence-corrected chi connectivity index (χ4v) is 2.60. The first-order valence-electron chi connectivity index (χ1n) is 6.94. The average Bonchev–Trinajstić information content (AvgIpc) is 2.46. The Balaban J connectivity index is 2.06. The highest BCUT2D eigenvalue weighted by Crippen LogP contribution is 2.21. The van der Waals surface area contributed by atoms with E-state index in [9.17, 15) is 14.0 Å². The van der Waals surface area contributed by atoms with Crippen LogP contribution in [0.25, 0.3) is 0 Å². The Bertz CT molecular complexity index is 534. The first-order valence-corrected chi connectivity index (χ1v) is 7.31. The molecule has 1 saturated heterocycles. The third-order valence-corrected chi connectivity index (χ3v) is 3.86. The van der Waals surface area contributed by atoms with Gasteiger partial charge in [-0.05, 0) is 12.1 Å². The van der Waals surface area contributed by atoms with Gasteiger partial charge in [0, 0.05) is 32.1 Å². The molecule has 0 bridgehead atoms. The predicted octanol–water partition coefficient (Wildman–Crippen LogP) is 2.42. The number of piperazine rings is 1.